The van der Waals surface area contributed by atoms with Gasteiger partial charge in [0.2, 0.25) is 21.8 Å². The van der Waals surface area contributed by atoms with Crippen LogP contribution in [0.4, 0.5) is 11.4 Å². The number of benzene rings is 2. The molecule has 176 valence electrons. The summed E-state index contributed by atoms with van der Waals surface area (Å²) in [5.41, 5.74) is 2.46. The molecule has 0 radical (unpaired) electrons. The number of aryl methyl sites for hydroxylation is 1. The van der Waals surface area contributed by atoms with Gasteiger partial charge in [-0.05, 0) is 61.2 Å². The normalized spacial score (nSPS) is 20.9. The minimum absolute atomic E-state index is 0.0850. The van der Waals surface area contributed by atoms with E-state index in [1.165, 1.54) is 17.7 Å². The van der Waals surface area contributed by atoms with Crippen molar-refractivity contribution in [1.29, 1.82) is 0 Å². The molecular formula is C24H29N3O5S. The topological polar surface area (TPSA) is 105 Å². The Morgan fingerprint density at radius 3 is 2.48 bits per heavy atom. The molecule has 4 rings (SSSR count). The fraction of sp³-hybridized carbons (Fsp3) is 0.417. The van der Waals surface area contributed by atoms with E-state index in [0.29, 0.717) is 18.8 Å². The highest BCUT2D eigenvalue weighted by molar-refractivity contribution is 7.89. The monoisotopic (exact) mass is 471 g/mol. The molecular weight excluding hydrogens is 442 g/mol. The van der Waals surface area contributed by atoms with Gasteiger partial charge in [-0.25, -0.2) is 13.1 Å². The first-order valence-corrected chi connectivity index (χ1v) is 12.8. The maximum atomic E-state index is 12.7. The third kappa shape index (κ3) is 5.61. The molecule has 2 atom stereocenters. The standard InChI is InChI=1S/C24H29N3O5S/c1-2-17-5-9-20(10-6-17)27-16-18(14-23(27)28)24(29)26-19-7-11-22(12-8-19)33(30,31)25-15-21-4-3-13-32-21/h5-12,18,21,25H,2-4,13-16H2,1H3,(H,26,29)/t18-,21+/m0/s1. The summed E-state index contributed by atoms with van der Waals surface area (Å²) in [5, 5.41) is 2.80. The van der Waals surface area contributed by atoms with Gasteiger partial charge in [-0.2, -0.15) is 0 Å². The van der Waals surface area contributed by atoms with E-state index in [2.05, 4.69) is 17.0 Å². The van der Waals surface area contributed by atoms with Gasteiger partial charge < -0.3 is 15.0 Å². The highest BCUT2D eigenvalue weighted by atomic mass is 32.2. The van der Waals surface area contributed by atoms with Crippen LogP contribution in [-0.4, -0.2) is 46.0 Å². The molecule has 0 aliphatic carbocycles. The summed E-state index contributed by atoms with van der Waals surface area (Å²) in [7, 11) is -3.65. The average Bonchev–Trinajstić information content (AvgIpc) is 3.48. The second kappa shape index (κ2) is 10.0. The van der Waals surface area contributed by atoms with Gasteiger partial charge in [0.25, 0.3) is 0 Å². The lowest BCUT2D eigenvalue weighted by atomic mass is 10.1. The Kier molecular flexibility index (Phi) is 7.11. The predicted molar refractivity (Wildman–Crippen MR) is 126 cm³/mol. The molecule has 2 saturated heterocycles. The minimum atomic E-state index is -3.65. The number of anilines is 2. The van der Waals surface area contributed by atoms with Crippen LogP contribution in [0.5, 0.6) is 0 Å². The van der Waals surface area contributed by atoms with E-state index < -0.39 is 15.9 Å². The van der Waals surface area contributed by atoms with E-state index in [9.17, 15) is 18.0 Å². The lowest BCUT2D eigenvalue weighted by molar-refractivity contribution is -0.122. The van der Waals surface area contributed by atoms with Gasteiger partial charge in [0.1, 0.15) is 0 Å². The first-order chi connectivity index (χ1) is 15.9. The molecule has 2 aromatic rings. The third-order valence-electron chi connectivity index (χ3n) is 6.11. The summed E-state index contributed by atoms with van der Waals surface area (Å²) in [6, 6.07) is 13.8. The van der Waals surface area contributed by atoms with Crippen molar-refractivity contribution in [3.63, 3.8) is 0 Å². The summed E-state index contributed by atoms with van der Waals surface area (Å²) in [6.45, 7) is 3.29. The Morgan fingerprint density at radius 2 is 1.85 bits per heavy atom. The summed E-state index contributed by atoms with van der Waals surface area (Å²) >= 11 is 0. The van der Waals surface area contributed by atoms with Crippen molar-refractivity contribution in [3.05, 3.63) is 54.1 Å². The van der Waals surface area contributed by atoms with E-state index in [-0.39, 0.29) is 35.8 Å². The predicted octanol–water partition coefficient (Wildman–Crippen LogP) is 2.70. The van der Waals surface area contributed by atoms with Crippen molar-refractivity contribution >= 4 is 33.2 Å². The van der Waals surface area contributed by atoms with Crippen LogP contribution in [0.3, 0.4) is 0 Å². The summed E-state index contributed by atoms with van der Waals surface area (Å²) < 4.78 is 33.0. The van der Waals surface area contributed by atoms with E-state index in [0.717, 1.165) is 24.9 Å². The molecule has 2 amide bonds. The van der Waals surface area contributed by atoms with Crippen molar-refractivity contribution < 1.29 is 22.7 Å². The minimum Gasteiger partial charge on any atom is -0.377 e. The number of rotatable bonds is 8. The van der Waals surface area contributed by atoms with Gasteiger partial charge in [0.15, 0.2) is 0 Å². The van der Waals surface area contributed by atoms with Crippen LogP contribution >= 0.6 is 0 Å². The Morgan fingerprint density at radius 1 is 1.12 bits per heavy atom. The highest BCUT2D eigenvalue weighted by Gasteiger charge is 2.35. The molecule has 0 unspecified atom stereocenters. The molecule has 2 aromatic carbocycles. The zero-order chi connectivity index (χ0) is 23.4. The van der Waals surface area contributed by atoms with Gasteiger partial charge in [-0.1, -0.05) is 19.1 Å². The van der Waals surface area contributed by atoms with Crippen molar-refractivity contribution in [2.24, 2.45) is 5.92 Å². The second-order valence-electron chi connectivity index (χ2n) is 8.43. The highest BCUT2D eigenvalue weighted by Crippen LogP contribution is 2.27. The molecule has 2 aliphatic rings. The summed E-state index contributed by atoms with van der Waals surface area (Å²) in [5.74, 6) is -0.818. The second-order valence-corrected chi connectivity index (χ2v) is 10.2. The number of amides is 2. The van der Waals surface area contributed by atoms with Crippen LogP contribution in [0, 0.1) is 5.92 Å². The number of hydrogen-bond acceptors (Lipinski definition) is 5. The summed E-state index contributed by atoms with van der Waals surface area (Å²) in [4.78, 5) is 27.0. The van der Waals surface area contributed by atoms with Crippen LogP contribution in [0.15, 0.2) is 53.4 Å². The van der Waals surface area contributed by atoms with Crippen LogP contribution in [-0.2, 0) is 30.8 Å². The van der Waals surface area contributed by atoms with Crippen LogP contribution < -0.4 is 14.9 Å². The van der Waals surface area contributed by atoms with E-state index in [1.807, 2.05) is 24.3 Å². The Hall–Kier alpha value is -2.75. The smallest absolute Gasteiger partial charge is 0.240 e. The molecule has 9 heteroatoms. The zero-order valence-corrected chi connectivity index (χ0v) is 19.4. The third-order valence-corrected chi connectivity index (χ3v) is 7.55. The zero-order valence-electron chi connectivity index (χ0n) is 18.6. The van der Waals surface area contributed by atoms with Crippen molar-refractivity contribution in [2.45, 2.75) is 43.6 Å². The molecule has 0 saturated carbocycles. The maximum Gasteiger partial charge on any atom is 0.240 e. The number of nitrogens with zero attached hydrogens (tertiary/aromatic N) is 1. The van der Waals surface area contributed by atoms with Crippen LogP contribution in [0.25, 0.3) is 0 Å². The summed E-state index contributed by atoms with van der Waals surface area (Å²) in [6.07, 6.45) is 2.76. The maximum absolute atomic E-state index is 12.7. The van der Waals surface area contributed by atoms with Crippen LogP contribution in [0.1, 0.15) is 31.7 Å². The van der Waals surface area contributed by atoms with Crippen LogP contribution in [0.2, 0.25) is 0 Å². The number of ether oxygens (including phenoxy) is 1. The molecule has 2 fully saturated rings. The van der Waals surface area contributed by atoms with Gasteiger partial charge >= 0.3 is 0 Å². The molecule has 0 spiro atoms. The first-order valence-electron chi connectivity index (χ1n) is 11.3. The first kappa shape index (κ1) is 23.4. The fourth-order valence-corrected chi connectivity index (χ4v) is 5.16. The van der Waals surface area contributed by atoms with Gasteiger partial charge in [0, 0.05) is 37.5 Å². The fourth-order valence-electron chi connectivity index (χ4n) is 4.10. The lowest BCUT2D eigenvalue weighted by Crippen LogP contribution is -2.31. The largest absolute Gasteiger partial charge is 0.377 e. The molecule has 33 heavy (non-hydrogen) atoms. The number of sulfonamides is 1. The Balaban J connectivity index is 1.34. The average molecular weight is 472 g/mol. The molecule has 0 aromatic heterocycles. The Labute approximate surface area is 194 Å². The van der Waals surface area contributed by atoms with Crippen molar-refractivity contribution in [2.75, 3.05) is 29.9 Å². The van der Waals surface area contributed by atoms with Gasteiger partial charge in [0.05, 0.1) is 16.9 Å². The molecule has 2 N–H and O–H groups in total. The number of carbonyl (C=O) groups excluding carboxylic acids is 2. The number of hydrogen-bond donors (Lipinski definition) is 2. The van der Waals surface area contributed by atoms with E-state index in [1.54, 1.807) is 17.0 Å². The molecule has 2 aliphatic heterocycles. The van der Waals surface area contributed by atoms with E-state index in [4.69, 9.17) is 4.74 Å². The van der Waals surface area contributed by atoms with Gasteiger partial charge in [-0.15, -0.1) is 0 Å². The van der Waals surface area contributed by atoms with Gasteiger partial charge in [-0.3, -0.25) is 9.59 Å². The number of carbonyl (C=O) groups is 2. The SMILES string of the molecule is CCc1ccc(N2C[C@@H](C(=O)Nc3ccc(S(=O)(=O)NC[C@H]4CCCO4)cc3)CC2=O)cc1. The molecule has 2 heterocycles. The van der Waals surface area contributed by atoms with Crippen molar-refractivity contribution in [1.82, 2.24) is 4.72 Å². The molecule has 8 nitrogen and oxygen atoms in total. The number of nitrogens with one attached hydrogen (secondary N) is 2. The lowest BCUT2D eigenvalue weighted by Gasteiger charge is -2.17. The quantitative estimate of drug-likeness (QED) is 0.616. The Bertz CT molecular complexity index is 1090. The molecule has 0 bridgehead atoms. The van der Waals surface area contributed by atoms with Crippen molar-refractivity contribution in [3.8, 4) is 0 Å². The van der Waals surface area contributed by atoms with E-state index >= 15 is 0 Å².